The molecule has 1 unspecified atom stereocenters. The van der Waals surface area contributed by atoms with Crippen molar-refractivity contribution in [3.8, 4) is 0 Å². The van der Waals surface area contributed by atoms with Gasteiger partial charge in [-0.25, -0.2) is 0 Å². The zero-order valence-corrected chi connectivity index (χ0v) is 15.4. The summed E-state index contributed by atoms with van der Waals surface area (Å²) < 4.78 is 0. The standard InChI is InChI=1S/C25H25N/c1-26-22-16-15-20-12-7-8-13-21(20)24(22)25(17-9-3-6-14-23(25)26)18-19-10-4-2-5-11-19/h2,4-5,7-8,10-16H,3,6,9,17-18H2,1H3. The van der Waals surface area contributed by atoms with Crippen LogP contribution in [0.1, 0.15) is 36.8 Å². The van der Waals surface area contributed by atoms with Crippen molar-refractivity contribution in [2.75, 3.05) is 11.9 Å². The molecule has 3 aromatic carbocycles. The quantitative estimate of drug-likeness (QED) is 0.535. The monoisotopic (exact) mass is 339 g/mol. The van der Waals surface area contributed by atoms with E-state index in [0.29, 0.717) is 0 Å². The minimum absolute atomic E-state index is 0.100. The molecule has 130 valence electrons. The molecule has 0 N–H and O–H groups in total. The molecule has 1 nitrogen and oxygen atoms in total. The van der Waals surface area contributed by atoms with Gasteiger partial charge >= 0.3 is 0 Å². The summed E-state index contributed by atoms with van der Waals surface area (Å²) in [6, 6.07) is 24.6. The molecule has 1 aliphatic heterocycles. The average Bonchev–Trinajstić information content (AvgIpc) is 2.81. The summed E-state index contributed by atoms with van der Waals surface area (Å²) in [4.78, 5) is 2.47. The second-order valence-corrected chi connectivity index (χ2v) is 7.82. The Balaban J connectivity index is 1.80. The van der Waals surface area contributed by atoms with Crippen LogP contribution in [-0.2, 0) is 11.8 Å². The van der Waals surface area contributed by atoms with Gasteiger partial charge in [-0.2, -0.15) is 0 Å². The van der Waals surface area contributed by atoms with E-state index in [9.17, 15) is 0 Å². The van der Waals surface area contributed by atoms with Gasteiger partial charge in [-0.15, -0.1) is 0 Å². The number of anilines is 1. The predicted octanol–water partition coefficient (Wildman–Crippen LogP) is 6.23. The lowest BCUT2D eigenvalue weighted by Crippen LogP contribution is -2.31. The molecule has 0 amide bonds. The Kier molecular flexibility index (Phi) is 3.63. The van der Waals surface area contributed by atoms with E-state index < -0.39 is 0 Å². The second-order valence-electron chi connectivity index (χ2n) is 7.82. The maximum absolute atomic E-state index is 2.52. The fourth-order valence-electron chi connectivity index (χ4n) is 5.23. The van der Waals surface area contributed by atoms with E-state index in [1.54, 1.807) is 5.56 Å². The zero-order valence-electron chi connectivity index (χ0n) is 15.4. The lowest BCUT2D eigenvalue weighted by atomic mass is 9.70. The van der Waals surface area contributed by atoms with Gasteiger partial charge < -0.3 is 4.90 Å². The molecule has 1 heteroatoms. The molecule has 0 radical (unpaired) electrons. The van der Waals surface area contributed by atoms with Crippen molar-refractivity contribution < 1.29 is 0 Å². The number of benzene rings is 3. The smallest absolute Gasteiger partial charge is 0.0454 e. The lowest BCUT2D eigenvalue weighted by molar-refractivity contribution is 0.461. The maximum atomic E-state index is 2.52. The van der Waals surface area contributed by atoms with Crippen LogP contribution in [0.4, 0.5) is 5.69 Å². The first kappa shape index (κ1) is 15.7. The van der Waals surface area contributed by atoms with Gasteiger partial charge in [0.1, 0.15) is 0 Å². The Labute approximate surface area is 156 Å². The van der Waals surface area contributed by atoms with Crippen LogP contribution in [0.2, 0.25) is 0 Å². The van der Waals surface area contributed by atoms with Crippen LogP contribution in [0.25, 0.3) is 10.8 Å². The molecule has 5 rings (SSSR count). The summed E-state index contributed by atoms with van der Waals surface area (Å²) in [5, 5.41) is 2.79. The number of fused-ring (bicyclic) bond motifs is 5. The fraction of sp³-hybridized carbons (Fsp3) is 0.280. The van der Waals surface area contributed by atoms with E-state index >= 15 is 0 Å². The Morgan fingerprint density at radius 1 is 0.885 bits per heavy atom. The molecule has 0 saturated heterocycles. The Morgan fingerprint density at radius 2 is 1.69 bits per heavy atom. The Hall–Kier alpha value is -2.54. The molecule has 0 spiro atoms. The van der Waals surface area contributed by atoms with Crippen LogP contribution >= 0.6 is 0 Å². The molecule has 1 heterocycles. The van der Waals surface area contributed by atoms with Crippen molar-refractivity contribution >= 4 is 16.5 Å². The SMILES string of the molecule is CN1C2=CCCCCC2(Cc2ccccc2)c2c1ccc1ccccc21. The molecule has 2 aliphatic rings. The normalized spacial score (nSPS) is 21.9. The molecule has 0 fully saturated rings. The summed E-state index contributed by atoms with van der Waals surface area (Å²) in [6.45, 7) is 0. The highest BCUT2D eigenvalue weighted by molar-refractivity contribution is 5.95. The molecule has 0 saturated carbocycles. The van der Waals surface area contributed by atoms with Crippen molar-refractivity contribution in [1.29, 1.82) is 0 Å². The fourth-order valence-corrected chi connectivity index (χ4v) is 5.23. The summed E-state index contributed by atoms with van der Waals surface area (Å²) in [6.07, 6.45) is 8.63. The Bertz CT molecular complexity index is 985. The summed E-state index contributed by atoms with van der Waals surface area (Å²) in [5.41, 5.74) is 6.01. The first-order chi connectivity index (χ1) is 12.8. The van der Waals surface area contributed by atoms with Gasteiger partial charge in [0.2, 0.25) is 0 Å². The average molecular weight is 339 g/mol. The third-order valence-corrected chi connectivity index (χ3v) is 6.34. The first-order valence-electron chi connectivity index (χ1n) is 9.80. The van der Waals surface area contributed by atoms with E-state index in [-0.39, 0.29) is 5.41 Å². The van der Waals surface area contributed by atoms with Crippen LogP contribution in [0.15, 0.2) is 78.5 Å². The van der Waals surface area contributed by atoms with Crippen LogP contribution in [-0.4, -0.2) is 7.05 Å². The summed E-state index contributed by atoms with van der Waals surface area (Å²) in [7, 11) is 2.26. The first-order valence-corrected chi connectivity index (χ1v) is 9.80. The van der Waals surface area contributed by atoms with Crippen LogP contribution in [0.3, 0.4) is 0 Å². The zero-order chi connectivity index (χ0) is 17.6. The summed E-state index contributed by atoms with van der Waals surface area (Å²) in [5.74, 6) is 0. The molecular weight excluding hydrogens is 314 g/mol. The molecule has 3 aromatic rings. The number of hydrogen-bond acceptors (Lipinski definition) is 1. The minimum atomic E-state index is 0.100. The van der Waals surface area contributed by atoms with Gasteiger partial charge in [0.25, 0.3) is 0 Å². The van der Waals surface area contributed by atoms with Gasteiger partial charge in [0.05, 0.1) is 0 Å². The molecule has 26 heavy (non-hydrogen) atoms. The van der Waals surface area contributed by atoms with Gasteiger partial charge in [-0.3, -0.25) is 0 Å². The van der Waals surface area contributed by atoms with Crippen molar-refractivity contribution in [3.63, 3.8) is 0 Å². The van der Waals surface area contributed by atoms with Gasteiger partial charge in [-0.1, -0.05) is 73.2 Å². The predicted molar refractivity (Wildman–Crippen MR) is 111 cm³/mol. The van der Waals surface area contributed by atoms with Crippen LogP contribution in [0, 0.1) is 0 Å². The second kappa shape index (κ2) is 6.02. The van der Waals surface area contributed by atoms with Crippen LogP contribution in [0.5, 0.6) is 0 Å². The number of hydrogen-bond donors (Lipinski definition) is 0. The highest BCUT2D eigenvalue weighted by atomic mass is 15.2. The van der Waals surface area contributed by atoms with Gasteiger partial charge in [-0.05, 0) is 53.6 Å². The topological polar surface area (TPSA) is 3.24 Å². The van der Waals surface area contributed by atoms with E-state index in [1.807, 2.05) is 0 Å². The largest absolute Gasteiger partial charge is 0.347 e. The molecule has 1 atom stereocenters. The van der Waals surface area contributed by atoms with E-state index in [1.165, 1.54) is 53.4 Å². The van der Waals surface area contributed by atoms with Gasteiger partial charge in [0, 0.05) is 23.8 Å². The van der Waals surface area contributed by atoms with E-state index in [0.717, 1.165) is 6.42 Å². The van der Waals surface area contributed by atoms with Crippen molar-refractivity contribution in [3.05, 3.63) is 89.6 Å². The van der Waals surface area contributed by atoms with Crippen molar-refractivity contribution in [1.82, 2.24) is 0 Å². The van der Waals surface area contributed by atoms with Crippen molar-refractivity contribution in [2.45, 2.75) is 37.5 Å². The maximum Gasteiger partial charge on any atom is 0.0454 e. The van der Waals surface area contributed by atoms with E-state index in [4.69, 9.17) is 0 Å². The van der Waals surface area contributed by atoms with E-state index in [2.05, 4.69) is 84.8 Å². The minimum Gasteiger partial charge on any atom is -0.347 e. The van der Waals surface area contributed by atoms with Crippen LogP contribution < -0.4 is 4.90 Å². The highest BCUT2D eigenvalue weighted by Gasteiger charge is 2.47. The number of allylic oxidation sites excluding steroid dienone is 2. The number of likely N-dealkylation sites (N-methyl/N-ethyl adjacent to an activating group) is 1. The number of nitrogens with zero attached hydrogens (tertiary/aromatic N) is 1. The van der Waals surface area contributed by atoms with Gasteiger partial charge in [0.15, 0.2) is 0 Å². The molecule has 0 bridgehead atoms. The van der Waals surface area contributed by atoms with Crippen molar-refractivity contribution in [2.24, 2.45) is 0 Å². The Morgan fingerprint density at radius 3 is 2.58 bits per heavy atom. The molecule has 1 aliphatic carbocycles. The summed E-state index contributed by atoms with van der Waals surface area (Å²) >= 11 is 0. The lowest BCUT2D eigenvalue weighted by Gasteiger charge is -2.33. The molecule has 0 aromatic heterocycles. The third kappa shape index (κ3) is 2.23. The molecular formula is C25H25N. The highest BCUT2D eigenvalue weighted by Crippen LogP contribution is 2.55. The third-order valence-electron chi connectivity index (χ3n) is 6.34. The number of rotatable bonds is 2.